The summed E-state index contributed by atoms with van der Waals surface area (Å²) in [6, 6.07) is 16.1. The van der Waals surface area contributed by atoms with Gasteiger partial charge in [0.25, 0.3) is 0 Å². The number of hydrogen-bond donors (Lipinski definition) is 1. The highest BCUT2D eigenvalue weighted by Gasteiger charge is 2.07. The molecule has 20 heavy (non-hydrogen) atoms. The average molecular weight is 263 g/mol. The molecule has 0 heterocycles. The van der Waals surface area contributed by atoms with Gasteiger partial charge in [0, 0.05) is 16.7 Å². The maximum Gasteiger partial charge on any atom is 0.229 e. The molecule has 3 heteroatoms. The molecular weight excluding hydrogens is 250 g/mol. The van der Waals surface area contributed by atoms with Crippen molar-refractivity contribution >= 4 is 11.7 Å². The molecule has 0 unspecified atom stereocenters. The molecule has 0 saturated heterocycles. The summed E-state index contributed by atoms with van der Waals surface area (Å²) < 4.78 is 0. The number of hydrogen-bond acceptors (Lipinski definition) is 2. The third-order valence-electron chi connectivity index (χ3n) is 2.68. The number of rotatable bonds is 3. The predicted molar refractivity (Wildman–Crippen MR) is 77.0 cm³/mol. The largest absolute Gasteiger partial charge is 0.369 e. The number of ketones is 1. The number of carbonyl (C=O) groups is 2. The van der Waals surface area contributed by atoms with Crippen LogP contribution in [0, 0.1) is 11.8 Å². The zero-order valence-corrected chi connectivity index (χ0v) is 10.8. The molecule has 1 amide bonds. The van der Waals surface area contributed by atoms with Gasteiger partial charge in [0.15, 0.2) is 5.78 Å². The summed E-state index contributed by atoms with van der Waals surface area (Å²) >= 11 is 0. The SMILES string of the molecule is NC(=O)CC#Cc1ccc(C(=O)c2ccccc2)cc1. The summed E-state index contributed by atoms with van der Waals surface area (Å²) in [4.78, 5) is 22.7. The van der Waals surface area contributed by atoms with Crippen LogP contribution in [-0.4, -0.2) is 11.7 Å². The second-order valence-electron chi connectivity index (χ2n) is 4.22. The summed E-state index contributed by atoms with van der Waals surface area (Å²) in [5, 5.41) is 0. The van der Waals surface area contributed by atoms with Gasteiger partial charge in [0.2, 0.25) is 5.91 Å². The van der Waals surface area contributed by atoms with Crippen LogP contribution >= 0.6 is 0 Å². The van der Waals surface area contributed by atoms with Crippen molar-refractivity contribution in [1.82, 2.24) is 0 Å². The van der Waals surface area contributed by atoms with Crippen LogP contribution in [0.5, 0.6) is 0 Å². The highest BCUT2D eigenvalue weighted by Crippen LogP contribution is 2.10. The molecule has 3 nitrogen and oxygen atoms in total. The Labute approximate surface area is 117 Å². The van der Waals surface area contributed by atoms with E-state index >= 15 is 0 Å². The highest BCUT2D eigenvalue weighted by atomic mass is 16.1. The van der Waals surface area contributed by atoms with Crippen LogP contribution in [0.4, 0.5) is 0 Å². The third-order valence-corrected chi connectivity index (χ3v) is 2.68. The number of benzene rings is 2. The molecule has 2 aromatic carbocycles. The molecule has 0 fully saturated rings. The minimum Gasteiger partial charge on any atom is -0.369 e. The molecule has 2 rings (SSSR count). The molecule has 2 N–H and O–H groups in total. The van der Waals surface area contributed by atoms with E-state index in [-0.39, 0.29) is 12.2 Å². The van der Waals surface area contributed by atoms with E-state index in [0.29, 0.717) is 11.1 Å². The molecule has 0 aromatic heterocycles. The van der Waals surface area contributed by atoms with Gasteiger partial charge in [-0.25, -0.2) is 0 Å². The molecule has 0 saturated carbocycles. The summed E-state index contributed by atoms with van der Waals surface area (Å²) in [5.41, 5.74) is 7.01. The molecule has 0 bridgehead atoms. The Morgan fingerprint density at radius 1 is 0.900 bits per heavy atom. The Morgan fingerprint density at radius 3 is 2.10 bits per heavy atom. The molecule has 0 aliphatic rings. The first-order chi connectivity index (χ1) is 9.66. The molecule has 98 valence electrons. The van der Waals surface area contributed by atoms with Crippen LogP contribution in [0.25, 0.3) is 0 Å². The monoisotopic (exact) mass is 263 g/mol. The zero-order valence-electron chi connectivity index (χ0n) is 10.8. The van der Waals surface area contributed by atoms with Crippen molar-refractivity contribution in [2.24, 2.45) is 5.73 Å². The fourth-order valence-electron chi connectivity index (χ4n) is 1.69. The number of carbonyl (C=O) groups excluding carboxylic acids is 2. The molecule has 2 aromatic rings. The van der Waals surface area contributed by atoms with Gasteiger partial charge in [-0.1, -0.05) is 42.2 Å². The van der Waals surface area contributed by atoms with Crippen LogP contribution < -0.4 is 5.73 Å². The first kappa shape index (κ1) is 13.6. The van der Waals surface area contributed by atoms with E-state index in [1.807, 2.05) is 18.2 Å². The first-order valence-corrected chi connectivity index (χ1v) is 6.14. The lowest BCUT2D eigenvalue weighted by Crippen LogP contribution is -2.08. The zero-order chi connectivity index (χ0) is 14.4. The minimum absolute atomic E-state index is 0.0257. The molecule has 0 aliphatic carbocycles. The van der Waals surface area contributed by atoms with Crippen LogP contribution in [0.1, 0.15) is 27.9 Å². The van der Waals surface area contributed by atoms with E-state index in [1.54, 1.807) is 36.4 Å². The van der Waals surface area contributed by atoms with Crippen molar-refractivity contribution in [3.63, 3.8) is 0 Å². The van der Waals surface area contributed by atoms with E-state index in [1.165, 1.54) is 0 Å². The topological polar surface area (TPSA) is 60.2 Å². The molecule has 0 atom stereocenters. The van der Waals surface area contributed by atoms with Crippen molar-refractivity contribution in [2.45, 2.75) is 6.42 Å². The van der Waals surface area contributed by atoms with E-state index < -0.39 is 5.91 Å². The Morgan fingerprint density at radius 2 is 1.50 bits per heavy atom. The maximum atomic E-state index is 12.2. The lowest BCUT2D eigenvalue weighted by molar-refractivity contribution is -0.117. The highest BCUT2D eigenvalue weighted by molar-refractivity contribution is 6.08. The molecule has 0 radical (unpaired) electrons. The summed E-state index contributed by atoms with van der Waals surface area (Å²) in [6.07, 6.45) is 0.0324. The van der Waals surface area contributed by atoms with Gasteiger partial charge in [0.05, 0.1) is 6.42 Å². The third kappa shape index (κ3) is 3.56. The number of amides is 1. The minimum atomic E-state index is -0.451. The molecule has 0 aliphatic heterocycles. The second-order valence-corrected chi connectivity index (χ2v) is 4.22. The quantitative estimate of drug-likeness (QED) is 0.681. The summed E-state index contributed by atoms with van der Waals surface area (Å²) in [7, 11) is 0. The first-order valence-electron chi connectivity index (χ1n) is 6.14. The van der Waals surface area contributed by atoms with Crippen molar-refractivity contribution in [3.05, 3.63) is 71.3 Å². The number of nitrogens with two attached hydrogens (primary N) is 1. The Kier molecular flexibility index (Phi) is 4.31. The van der Waals surface area contributed by atoms with Crippen molar-refractivity contribution in [1.29, 1.82) is 0 Å². The van der Waals surface area contributed by atoms with Gasteiger partial charge >= 0.3 is 0 Å². The van der Waals surface area contributed by atoms with E-state index in [4.69, 9.17) is 5.73 Å². The van der Waals surface area contributed by atoms with Crippen LogP contribution in [0.3, 0.4) is 0 Å². The van der Waals surface area contributed by atoms with Gasteiger partial charge in [-0.3, -0.25) is 9.59 Å². The van der Waals surface area contributed by atoms with Crippen molar-refractivity contribution in [2.75, 3.05) is 0 Å². The fourth-order valence-corrected chi connectivity index (χ4v) is 1.69. The van der Waals surface area contributed by atoms with Crippen LogP contribution in [-0.2, 0) is 4.79 Å². The summed E-state index contributed by atoms with van der Waals surface area (Å²) in [5.74, 6) is 5.02. The van der Waals surface area contributed by atoms with E-state index in [2.05, 4.69) is 11.8 Å². The van der Waals surface area contributed by atoms with Crippen LogP contribution in [0.2, 0.25) is 0 Å². The molecular formula is C17H13NO2. The standard InChI is InChI=1S/C17H13NO2/c18-16(19)8-4-5-13-9-11-15(12-10-13)17(20)14-6-2-1-3-7-14/h1-3,6-7,9-12H,8H2,(H2,18,19). The van der Waals surface area contributed by atoms with Gasteiger partial charge in [0.1, 0.15) is 0 Å². The van der Waals surface area contributed by atoms with Gasteiger partial charge in [-0.15, -0.1) is 0 Å². The Hall–Kier alpha value is -2.86. The fraction of sp³-hybridized carbons (Fsp3) is 0.0588. The van der Waals surface area contributed by atoms with Crippen molar-refractivity contribution in [3.8, 4) is 11.8 Å². The van der Waals surface area contributed by atoms with E-state index in [0.717, 1.165) is 5.56 Å². The maximum absolute atomic E-state index is 12.2. The lowest BCUT2D eigenvalue weighted by Gasteiger charge is -2.00. The van der Waals surface area contributed by atoms with Gasteiger partial charge in [-0.05, 0) is 24.3 Å². The smallest absolute Gasteiger partial charge is 0.229 e. The summed E-state index contributed by atoms with van der Waals surface area (Å²) in [6.45, 7) is 0. The van der Waals surface area contributed by atoms with Crippen LogP contribution in [0.15, 0.2) is 54.6 Å². The van der Waals surface area contributed by atoms with Crippen molar-refractivity contribution < 1.29 is 9.59 Å². The Bertz CT molecular complexity index is 676. The van der Waals surface area contributed by atoms with Gasteiger partial charge < -0.3 is 5.73 Å². The van der Waals surface area contributed by atoms with Gasteiger partial charge in [-0.2, -0.15) is 0 Å². The lowest BCUT2D eigenvalue weighted by atomic mass is 10.0. The number of primary amides is 1. The average Bonchev–Trinajstić information content (AvgIpc) is 2.48. The second kappa shape index (κ2) is 6.35. The predicted octanol–water partition coefficient (Wildman–Crippen LogP) is 2.14. The molecule has 0 spiro atoms. The Balaban J connectivity index is 2.14. The normalized spacial score (nSPS) is 9.40. The van der Waals surface area contributed by atoms with E-state index in [9.17, 15) is 9.59 Å².